The molecule has 4 heteroatoms. The van der Waals surface area contributed by atoms with E-state index in [9.17, 15) is 5.21 Å². The molecule has 4 nitrogen and oxygen atoms in total. The molecule has 1 heterocycles. The number of hydroxylamine groups is 2. The van der Waals surface area contributed by atoms with E-state index < -0.39 is 17.0 Å². The molecule has 1 saturated heterocycles. The third-order valence-corrected chi connectivity index (χ3v) is 3.12. The molecule has 0 aromatic carbocycles. The van der Waals surface area contributed by atoms with E-state index >= 15 is 0 Å². The number of hydrogen-bond acceptors (Lipinski definition) is 3. The van der Waals surface area contributed by atoms with Crippen molar-refractivity contribution in [2.24, 2.45) is 11.7 Å². The van der Waals surface area contributed by atoms with Gasteiger partial charge in [-0.15, -0.1) is 10.3 Å². The molecule has 13 heavy (non-hydrogen) atoms. The minimum absolute atomic E-state index is 0.384. The first-order valence-corrected chi connectivity index (χ1v) is 4.39. The summed E-state index contributed by atoms with van der Waals surface area (Å²) in [5.41, 5.74) is 4.54. The fourth-order valence-corrected chi connectivity index (χ4v) is 2.09. The van der Waals surface area contributed by atoms with Crippen LogP contribution < -0.4 is 5.73 Å². The van der Waals surface area contributed by atoms with Crippen molar-refractivity contribution in [1.82, 2.24) is 5.06 Å². The fourth-order valence-electron chi connectivity index (χ4n) is 2.09. The van der Waals surface area contributed by atoms with Crippen LogP contribution in [0.15, 0.2) is 0 Å². The van der Waals surface area contributed by atoms with Crippen molar-refractivity contribution in [2.45, 2.75) is 44.8 Å². The summed E-state index contributed by atoms with van der Waals surface area (Å²) < 4.78 is 0. The summed E-state index contributed by atoms with van der Waals surface area (Å²) in [5.74, 6) is -0.403. The fraction of sp³-hybridized carbons (Fsp3) is 0.889. The van der Waals surface area contributed by atoms with Crippen LogP contribution in [0.1, 0.15) is 27.7 Å². The van der Waals surface area contributed by atoms with Gasteiger partial charge in [-0.05, 0) is 27.7 Å². The molecule has 1 radical (unpaired) electrons. The van der Waals surface area contributed by atoms with Crippen LogP contribution >= 0.6 is 0 Å². The molecule has 73 valence electrons. The predicted octanol–water partition coefficient (Wildman–Crippen LogP) is 0.672. The highest BCUT2D eigenvalue weighted by molar-refractivity contribution is 5.16. The van der Waals surface area contributed by atoms with Crippen LogP contribution in [0.3, 0.4) is 0 Å². The van der Waals surface area contributed by atoms with Gasteiger partial charge in [0.05, 0.1) is 23.1 Å². The van der Waals surface area contributed by atoms with Gasteiger partial charge >= 0.3 is 0 Å². The van der Waals surface area contributed by atoms with Crippen LogP contribution in [0.2, 0.25) is 0 Å². The Morgan fingerprint density at radius 1 is 1.31 bits per heavy atom. The average Bonchev–Trinajstić information content (AvgIpc) is 2.12. The molecule has 2 N–H and O–H groups in total. The molecular weight excluding hydrogens is 166 g/mol. The Morgan fingerprint density at radius 2 is 1.77 bits per heavy atom. The Morgan fingerprint density at radius 3 is 1.92 bits per heavy atom. The van der Waals surface area contributed by atoms with Crippen LogP contribution in [-0.4, -0.2) is 22.2 Å². The minimum Gasteiger partial charge on any atom is -0.325 e. The summed E-state index contributed by atoms with van der Waals surface area (Å²) in [7, 11) is 0. The van der Waals surface area contributed by atoms with E-state index in [4.69, 9.17) is 11.0 Å². The third kappa shape index (κ3) is 1.16. The molecule has 0 aromatic rings. The molecular formula is C9H16N3O. The highest BCUT2D eigenvalue weighted by atomic mass is 16.5. The Bertz CT molecular complexity index is 254. The van der Waals surface area contributed by atoms with Gasteiger partial charge in [-0.2, -0.15) is 5.26 Å². The normalized spacial score (nSPS) is 37.3. The van der Waals surface area contributed by atoms with Crippen molar-refractivity contribution in [3.8, 4) is 6.07 Å². The summed E-state index contributed by atoms with van der Waals surface area (Å²) in [6.45, 7) is 7.10. The van der Waals surface area contributed by atoms with Crippen LogP contribution in [0, 0.1) is 17.2 Å². The lowest BCUT2D eigenvalue weighted by molar-refractivity contribution is -0.247. The topological polar surface area (TPSA) is 73.0 Å². The van der Waals surface area contributed by atoms with Crippen LogP contribution in [0.25, 0.3) is 0 Å². The van der Waals surface area contributed by atoms with Gasteiger partial charge in [-0.3, -0.25) is 0 Å². The van der Waals surface area contributed by atoms with Gasteiger partial charge in [0.2, 0.25) is 0 Å². The first kappa shape index (κ1) is 10.5. The molecule has 0 amide bonds. The SMILES string of the molecule is CC1(C)[C@@H](N)[C@H](C#N)C(C)(C)N1[O]. The van der Waals surface area contributed by atoms with Crippen molar-refractivity contribution >= 4 is 0 Å². The van der Waals surface area contributed by atoms with Gasteiger partial charge in [-0.25, -0.2) is 0 Å². The third-order valence-electron chi connectivity index (χ3n) is 3.12. The second kappa shape index (κ2) is 2.68. The van der Waals surface area contributed by atoms with Crippen LogP contribution in [-0.2, 0) is 5.21 Å². The van der Waals surface area contributed by atoms with E-state index in [1.165, 1.54) is 0 Å². The van der Waals surface area contributed by atoms with Crippen molar-refractivity contribution in [3.63, 3.8) is 0 Å². The number of rotatable bonds is 0. The number of hydrogen-bond donors (Lipinski definition) is 1. The lowest BCUT2D eigenvalue weighted by atomic mass is 9.84. The average molecular weight is 182 g/mol. The van der Waals surface area contributed by atoms with E-state index in [1.54, 1.807) is 27.7 Å². The number of nitrogens with zero attached hydrogens (tertiary/aromatic N) is 2. The minimum atomic E-state index is -0.683. The second-order valence-electron chi connectivity index (χ2n) is 4.73. The number of nitrogens with two attached hydrogens (primary N) is 1. The van der Waals surface area contributed by atoms with Crippen molar-refractivity contribution < 1.29 is 5.21 Å². The molecule has 1 fully saturated rings. The standard InChI is InChI=1S/C9H16N3O/c1-8(2)6(5-10)7(11)9(3,4)12(8)13/h6-7H,11H2,1-4H3/t6-,7-/m0/s1. The van der Waals surface area contributed by atoms with E-state index in [-0.39, 0.29) is 6.04 Å². The summed E-state index contributed by atoms with van der Waals surface area (Å²) >= 11 is 0. The summed E-state index contributed by atoms with van der Waals surface area (Å²) in [6, 6.07) is 1.74. The first-order valence-electron chi connectivity index (χ1n) is 4.39. The molecule has 0 saturated carbocycles. The van der Waals surface area contributed by atoms with E-state index in [0.717, 1.165) is 5.06 Å². The van der Waals surface area contributed by atoms with Gasteiger partial charge in [-0.1, -0.05) is 0 Å². The molecule has 0 aliphatic carbocycles. The highest BCUT2D eigenvalue weighted by Crippen LogP contribution is 2.42. The molecule has 1 aliphatic rings. The molecule has 0 spiro atoms. The zero-order valence-corrected chi connectivity index (χ0v) is 8.53. The molecule has 0 unspecified atom stereocenters. The van der Waals surface area contributed by atoms with E-state index in [1.807, 2.05) is 0 Å². The summed E-state index contributed by atoms with van der Waals surface area (Å²) in [5, 5.41) is 21.7. The molecule has 0 bridgehead atoms. The maximum Gasteiger partial charge on any atom is 0.0835 e. The van der Waals surface area contributed by atoms with Gasteiger partial charge in [0.25, 0.3) is 0 Å². The Kier molecular flexibility index (Phi) is 2.15. The Hall–Kier alpha value is -0.630. The van der Waals surface area contributed by atoms with Crippen molar-refractivity contribution in [2.75, 3.05) is 0 Å². The van der Waals surface area contributed by atoms with Gasteiger partial charge in [0.1, 0.15) is 0 Å². The zero-order chi connectivity index (χ0) is 10.4. The maximum absolute atomic E-state index is 11.8. The second-order valence-corrected chi connectivity index (χ2v) is 4.73. The van der Waals surface area contributed by atoms with Gasteiger partial charge in [0, 0.05) is 6.04 Å². The lowest BCUT2D eigenvalue weighted by Crippen LogP contribution is -2.49. The maximum atomic E-state index is 11.8. The largest absolute Gasteiger partial charge is 0.325 e. The lowest BCUT2D eigenvalue weighted by Gasteiger charge is -2.32. The molecule has 1 aliphatic heterocycles. The zero-order valence-electron chi connectivity index (χ0n) is 8.53. The first-order chi connectivity index (χ1) is 5.76. The highest BCUT2D eigenvalue weighted by Gasteiger charge is 2.58. The monoisotopic (exact) mass is 182 g/mol. The molecule has 2 atom stereocenters. The molecule has 1 rings (SSSR count). The smallest absolute Gasteiger partial charge is 0.0835 e. The van der Waals surface area contributed by atoms with E-state index in [0.29, 0.717) is 0 Å². The van der Waals surface area contributed by atoms with Crippen molar-refractivity contribution in [3.05, 3.63) is 0 Å². The summed E-state index contributed by atoms with van der Waals surface area (Å²) in [4.78, 5) is 0. The summed E-state index contributed by atoms with van der Waals surface area (Å²) in [6.07, 6.45) is 0. The van der Waals surface area contributed by atoms with Gasteiger partial charge < -0.3 is 5.73 Å². The Labute approximate surface area is 78.9 Å². The quantitative estimate of drug-likeness (QED) is 0.598. The number of nitriles is 1. The van der Waals surface area contributed by atoms with E-state index in [2.05, 4.69) is 6.07 Å². The van der Waals surface area contributed by atoms with Crippen LogP contribution in [0.4, 0.5) is 0 Å². The predicted molar refractivity (Wildman–Crippen MR) is 47.8 cm³/mol. The van der Waals surface area contributed by atoms with Gasteiger partial charge in [0.15, 0.2) is 0 Å². The molecule has 0 aromatic heterocycles. The Balaban J connectivity index is 3.13. The van der Waals surface area contributed by atoms with Crippen LogP contribution in [0.5, 0.6) is 0 Å². The van der Waals surface area contributed by atoms with Crippen molar-refractivity contribution in [1.29, 1.82) is 5.26 Å².